The molecule has 5 heteroatoms. The number of carbonyl (C=O) groups excluding carboxylic acids is 2. The van der Waals surface area contributed by atoms with E-state index in [0.717, 1.165) is 31.2 Å². The summed E-state index contributed by atoms with van der Waals surface area (Å²) in [5, 5.41) is 15.5. The van der Waals surface area contributed by atoms with Gasteiger partial charge in [0, 0.05) is 31.8 Å². The minimum Gasteiger partial charge on any atom is -0.391 e. The minimum absolute atomic E-state index is 0.0756. The fourth-order valence-corrected chi connectivity index (χ4v) is 3.09. The van der Waals surface area contributed by atoms with Gasteiger partial charge in [-0.15, -0.1) is 0 Å². The van der Waals surface area contributed by atoms with Crippen molar-refractivity contribution < 1.29 is 14.7 Å². The molecule has 0 saturated heterocycles. The molecule has 0 radical (unpaired) electrons. The molecule has 1 aromatic rings. The van der Waals surface area contributed by atoms with Crippen LogP contribution < -0.4 is 10.6 Å². The van der Waals surface area contributed by atoms with E-state index in [9.17, 15) is 14.7 Å². The molecule has 0 aromatic heterocycles. The van der Waals surface area contributed by atoms with Crippen LogP contribution in [0.1, 0.15) is 44.1 Å². The molecule has 2 amide bonds. The highest BCUT2D eigenvalue weighted by Gasteiger charge is 2.20. The van der Waals surface area contributed by atoms with E-state index in [1.807, 2.05) is 30.3 Å². The van der Waals surface area contributed by atoms with Crippen LogP contribution in [0, 0.1) is 5.92 Å². The number of hydrogen-bond acceptors (Lipinski definition) is 3. The predicted molar refractivity (Wildman–Crippen MR) is 93.4 cm³/mol. The van der Waals surface area contributed by atoms with E-state index in [-0.39, 0.29) is 30.7 Å². The number of nitrogens with one attached hydrogen (secondary N) is 2. The molecule has 1 saturated carbocycles. The fourth-order valence-electron chi connectivity index (χ4n) is 3.09. The maximum absolute atomic E-state index is 12.0. The summed E-state index contributed by atoms with van der Waals surface area (Å²) >= 11 is 0. The zero-order valence-electron chi connectivity index (χ0n) is 14.2. The third-order valence-electron chi connectivity index (χ3n) is 4.48. The van der Waals surface area contributed by atoms with Crippen molar-refractivity contribution >= 4 is 11.8 Å². The van der Waals surface area contributed by atoms with Gasteiger partial charge in [-0.25, -0.2) is 0 Å². The minimum atomic E-state index is -0.604. The number of benzene rings is 1. The molecule has 0 aliphatic heterocycles. The zero-order chi connectivity index (χ0) is 17.2. The van der Waals surface area contributed by atoms with E-state index in [0.29, 0.717) is 13.0 Å². The summed E-state index contributed by atoms with van der Waals surface area (Å²) in [6.45, 7) is 0.584. The quantitative estimate of drug-likeness (QED) is 0.679. The summed E-state index contributed by atoms with van der Waals surface area (Å²) < 4.78 is 0. The molecule has 0 bridgehead atoms. The lowest BCUT2D eigenvalue weighted by molar-refractivity contribution is -0.126. The van der Waals surface area contributed by atoms with Crippen molar-refractivity contribution in [2.45, 2.75) is 51.0 Å². The number of aliphatic hydroxyl groups is 1. The Bertz CT molecular complexity index is 513. The van der Waals surface area contributed by atoms with E-state index >= 15 is 0 Å². The Morgan fingerprint density at radius 2 is 1.79 bits per heavy atom. The van der Waals surface area contributed by atoms with E-state index in [2.05, 4.69) is 10.6 Å². The van der Waals surface area contributed by atoms with Crippen molar-refractivity contribution in [1.82, 2.24) is 10.6 Å². The van der Waals surface area contributed by atoms with Gasteiger partial charge in [0.2, 0.25) is 11.8 Å². The molecule has 24 heavy (non-hydrogen) atoms. The van der Waals surface area contributed by atoms with Crippen molar-refractivity contribution in [2.24, 2.45) is 5.92 Å². The van der Waals surface area contributed by atoms with Crippen LogP contribution in [0.25, 0.3) is 0 Å². The Balaban J connectivity index is 1.56. The predicted octanol–water partition coefficient (Wildman–Crippen LogP) is 1.79. The Morgan fingerprint density at radius 1 is 1.08 bits per heavy atom. The highest BCUT2D eigenvalue weighted by Crippen LogP contribution is 2.23. The first kappa shape index (κ1) is 18.5. The van der Waals surface area contributed by atoms with Crippen LogP contribution in [0.3, 0.4) is 0 Å². The van der Waals surface area contributed by atoms with Gasteiger partial charge in [0.25, 0.3) is 0 Å². The lowest BCUT2D eigenvalue weighted by Gasteiger charge is -2.20. The fraction of sp³-hybridized carbons (Fsp3) is 0.579. The smallest absolute Gasteiger partial charge is 0.223 e. The number of aliphatic hydroxyl groups excluding tert-OH is 1. The molecule has 132 valence electrons. The van der Waals surface area contributed by atoms with Crippen LogP contribution in [-0.2, 0) is 16.0 Å². The highest BCUT2D eigenvalue weighted by molar-refractivity contribution is 5.80. The van der Waals surface area contributed by atoms with Crippen LogP contribution in [0.2, 0.25) is 0 Å². The second-order valence-corrected chi connectivity index (χ2v) is 6.52. The summed E-state index contributed by atoms with van der Waals surface area (Å²) in [6.07, 6.45) is 5.55. The van der Waals surface area contributed by atoms with E-state index < -0.39 is 6.10 Å². The summed E-state index contributed by atoms with van der Waals surface area (Å²) in [5.74, 6) is 0.0483. The molecular weight excluding hydrogens is 304 g/mol. The standard InChI is InChI=1S/C19H28N2O3/c22-17(13-15-7-3-1-4-8-15)14-21-18(23)11-12-20-19(24)16-9-5-2-6-10-16/h1,3-4,7-8,16-17,22H,2,5-6,9-14H2,(H,20,24)(H,21,23). The Labute approximate surface area is 143 Å². The second-order valence-electron chi connectivity index (χ2n) is 6.52. The van der Waals surface area contributed by atoms with Gasteiger partial charge in [0.05, 0.1) is 6.10 Å². The first-order valence-electron chi connectivity index (χ1n) is 8.91. The van der Waals surface area contributed by atoms with Gasteiger partial charge in [-0.05, 0) is 18.4 Å². The molecule has 1 aliphatic rings. The maximum Gasteiger partial charge on any atom is 0.223 e. The molecule has 5 nitrogen and oxygen atoms in total. The van der Waals surface area contributed by atoms with Gasteiger partial charge in [-0.3, -0.25) is 9.59 Å². The van der Waals surface area contributed by atoms with Crippen LogP contribution in [0.4, 0.5) is 0 Å². The van der Waals surface area contributed by atoms with Crippen LogP contribution in [-0.4, -0.2) is 36.1 Å². The largest absolute Gasteiger partial charge is 0.391 e. The summed E-state index contributed by atoms with van der Waals surface area (Å²) in [4.78, 5) is 23.8. The lowest BCUT2D eigenvalue weighted by atomic mass is 9.89. The maximum atomic E-state index is 12.0. The van der Waals surface area contributed by atoms with Crippen molar-refractivity contribution in [3.8, 4) is 0 Å². The van der Waals surface area contributed by atoms with E-state index in [4.69, 9.17) is 0 Å². The Hall–Kier alpha value is -1.88. The first-order chi connectivity index (χ1) is 11.6. The summed E-state index contributed by atoms with van der Waals surface area (Å²) in [7, 11) is 0. The lowest BCUT2D eigenvalue weighted by Crippen LogP contribution is -2.37. The van der Waals surface area contributed by atoms with Crippen LogP contribution in [0.5, 0.6) is 0 Å². The average molecular weight is 332 g/mol. The van der Waals surface area contributed by atoms with Crippen molar-refractivity contribution in [3.05, 3.63) is 35.9 Å². The second kappa shape index (κ2) is 10.1. The topological polar surface area (TPSA) is 78.4 Å². The molecule has 1 aliphatic carbocycles. The van der Waals surface area contributed by atoms with Crippen molar-refractivity contribution in [3.63, 3.8) is 0 Å². The number of carbonyl (C=O) groups is 2. The SMILES string of the molecule is O=C(CCNC(=O)C1CCCCC1)NCC(O)Cc1ccccc1. The van der Waals surface area contributed by atoms with E-state index in [1.165, 1.54) is 6.42 Å². The third-order valence-corrected chi connectivity index (χ3v) is 4.48. The van der Waals surface area contributed by atoms with Gasteiger partial charge < -0.3 is 15.7 Å². The summed E-state index contributed by atoms with van der Waals surface area (Å²) in [5.41, 5.74) is 1.04. The monoisotopic (exact) mass is 332 g/mol. The molecule has 1 aromatic carbocycles. The molecule has 1 atom stereocenters. The van der Waals surface area contributed by atoms with E-state index in [1.54, 1.807) is 0 Å². The average Bonchev–Trinajstić information content (AvgIpc) is 2.61. The van der Waals surface area contributed by atoms with Crippen molar-refractivity contribution in [1.29, 1.82) is 0 Å². The first-order valence-corrected chi connectivity index (χ1v) is 8.91. The Morgan fingerprint density at radius 3 is 2.50 bits per heavy atom. The molecule has 1 fully saturated rings. The summed E-state index contributed by atoms with van der Waals surface area (Å²) in [6, 6.07) is 9.68. The van der Waals surface area contributed by atoms with Gasteiger partial charge in [-0.1, -0.05) is 49.6 Å². The molecule has 2 rings (SSSR count). The Kier molecular flexibility index (Phi) is 7.75. The number of hydrogen-bond donors (Lipinski definition) is 3. The van der Waals surface area contributed by atoms with Gasteiger partial charge >= 0.3 is 0 Å². The zero-order valence-corrected chi connectivity index (χ0v) is 14.2. The van der Waals surface area contributed by atoms with Gasteiger partial charge in [-0.2, -0.15) is 0 Å². The molecule has 1 unspecified atom stereocenters. The van der Waals surface area contributed by atoms with Crippen LogP contribution in [0.15, 0.2) is 30.3 Å². The highest BCUT2D eigenvalue weighted by atomic mass is 16.3. The van der Waals surface area contributed by atoms with Crippen molar-refractivity contribution in [2.75, 3.05) is 13.1 Å². The van der Waals surface area contributed by atoms with Gasteiger partial charge in [0.1, 0.15) is 0 Å². The molecular formula is C19H28N2O3. The third kappa shape index (κ3) is 6.71. The molecule has 3 N–H and O–H groups in total. The van der Waals surface area contributed by atoms with Crippen LogP contribution >= 0.6 is 0 Å². The van der Waals surface area contributed by atoms with Gasteiger partial charge in [0.15, 0.2) is 0 Å². The normalized spacial score (nSPS) is 16.4. The number of rotatable bonds is 8. The molecule has 0 spiro atoms. The number of amides is 2. The molecule has 0 heterocycles.